The Labute approximate surface area is 154 Å². The van der Waals surface area contributed by atoms with Gasteiger partial charge in [0.25, 0.3) is 0 Å². The molecule has 0 atom stereocenters. The average Bonchev–Trinajstić information content (AvgIpc) is 3.01. The minimum Gasteiger partial charge on any atom is -0.477 e. The van der Waals surface area contributed by atoms with Crippen molar-refractivity contribution in [2.24, 2.45) is 0 Å². The van der Waals surface area contributed by atoms with Crippen molar-refractivity contribution >= 4 is 42.7 Å². The van der Waals surface area contributed by atoms with Crippen LogP contribution in [-0.2, 0) is 9.59 Å². The van der Waals surface area contributed by atoms with Crippen molar-refractivity contribution in [1.29, 1.82) is 0 Å². The number of rotatable bonds is 12. The summed E-state index contributed by atoms with van der Waals surface area (Å²) in [6.45, 7) is 6.56. The molecule has 0 aromatic heterocycles. The van der Waals surface area contributed by atoms with Gasteiger partial charge in [0.1, 0.15) is 9.81 Å². The van der Waals surface area contributed by atoms with Crippen molar-refractivity contribution in [3.05, 3.63) is 9.81 Å². The van der Waals surface area contributed by atoms with Crippen LogP contribution in [0, 0.1) is 0 Å². The molecule has 1 heterocycles. The molecule has 1 rings (SSSR count). The normalized spacial score (nSPS) is 16.0. The lowest BCUT2D eigenvalue weighted by Crippen LogP contribution is -2.17. The highest BCUT2D eigenvalue weighted by Gasteiger charge is 2.51. The van der Waals surface area contributed by atoms with E-state index in [4.69, 9.17) is 0 Å². The summed E-state index contributed by atoms with van der Waals surface area (Å²) in [4.78, 5) is 23.1. The second-order valence-electron chi connectivity index (χ2n) is 6.26. The molecule has 0 saturated heterocycles. The van der Waals surface area contributed by atoms with Crippen molar-refractivity contribution in [3.63, 3.8) is 0 Å². The summed E-state index contributed by atoms with van der Waals surface area (Å²) in [6, 6.07) is 0. The molecule has 0 aromatic rings. The number of thioether (sulfide) groups is 2. The van der Waals surface area contributed by atoms with Crippen LogP contribution in [0.3, 0.4) is 0 Å². The molecular weight excluding hydrogens is 363 g/mol. The van der Waals surface area contributed by atoms with E-state index < -0.39 is 19.2 Å². The Bertz CT molecular complexity index is 431. The Morgan fingerprint density at radius 1 is 0.833 bits per heavy atom. The lowest BCUT2D eigenvalue weighted by atomic mass is 10.4. The van der Waals surface area contributed by atoms with Crippen LogP contribution in [0.2, 0.25) is 0 Å². The monoisotopic (exact) mass is 393 g/mol. The summed E-state index contributed by atoms with van der Waals surface area (Å²) in [7, 11) is -1.39. The first kappa shape index (κ1) is 21.9. The highest BCUT2D eigenvalue weighted by Crippen LogP contribution is 2.74. The molecule has 1 aliphatic rings. The molecule has 1 aliphatic heterocycles. The van der Waals surface area contributed by atoms with E-state index in [0.29, 0.717) is 0 Å². The van der Waals surface area contributed by atoms with Gasteiger partial charge in [-0.2, -0.15) is 0 Å². The first-order chi connectivity index (χ1) is 11.4. The van der Waals surface area contributed by atoms with Crippen LogP contribution in [0.1, 0.15) is 59.3 Å². The molecule has 0 aromatic carbocycles. The topological polar surface area (TPSA) is 74.6 Å². The molecule has 0 spiro atoms. The van der Waals surface area contributed by atoms with E-state index in [1.807, 2.05) is 0 Å². The van der Waals surface area contributed by atoms with E-state index in [1.54, 1.807) is 0 Å². The van der Waals surface area contributed by atoms with Crippen molar-refractivity contribution in [1.82, 2.24) is 0 Å². The Kier molecular flexibility index (Phi) is 9.76. The summed E-state index contributed by atoms with van der Waals surface area (Å²) in [5, 5.41) is 18.8. The first-order valence-electron chi connectivity index (χ1n) is 8.81. The molecular formula is C17H30O4PS2+. The Morgan fingerprint density at radius 3 is 1.42 bits per heavy atom. The lowest BCUT2D eigenvalue weighted by Gasteiger charge is -2.32. The van der Waals surface area contributed by atoms with Gasteiger partial charge in [0.2, 0.25) is 0 Å². The Hall–Kier alpha value is -0.190. The van der Waals surface area contributed by atoms with Gasteiger partial charge in [0.15, 0.2) is 4.32 Å². The summed E-state index contributed by atoms with van der Waals surface area (Å²) < 4.78 is 0.111. The van der Waals surface area contributed by atoms with Crippen molar-refractivity contribution < 1.29 is 19.8 Å². The molecule has 0 radical (unpaired) electrons. The highest BCUT2D eigenvalue weighted by molar-refractivity contribution is 8.32. The van der Waals surface area contributed by atoms with Crippen molar-refractivity contribution in [3.8, 4) is 0 Å². The molecule has 7 heteroatoms. The fourth-order valence-corrected chi connectivity index (χ4v) is 13.4. The minimum atomic E-state index is -1.39. The number of hydrogen-bond acceptors (Lipinski definition) is 4. The largest absolute Gasteiger partial charge is 0.477 e. The van der Waals surface area contributed by atoms with Crippen LogP contribution < -0.4 is 0 Å². The first-order valence-corrected chi connectivity index (χ1v) is 13.0. The number of carboxylic acid groups (broad SMARTS) is 2. The van der Waals surface area contributed by atoms with Gasteiger partial charge in [0, 0.05) is 7.26 Å². The second kappa shape index (κ2) is 10.7. The zero-order chi connectivity index (χ0) is 18.2. The predicted octanol–water partition coefficient (Wildman–Crippen LogP) is 5.55. The van der Waals surface area contributed by atoms with Gasteiger partial charge < -0.3 is 10.2 Å². The molecule has 2 N–H and O–H groups in total. The smallest absolute Gasteiger partial charge is 0.343 e. The second-order valence-corrected chi connectivity index (χ2v) is 13.8. The van der Waals surface area contributed by atoms with Crippen LogP contribution in [0.25, 0.3) is 0 Å². The zero-order valence-electron chi connectivity index (χ0n) is 14.9. The van der Waals surface area contributed by atoms with Crippen LogP contribution in [0.15, 0.2) is 9.81 Å². The molecule has 0 aliphatic carbocycles. The molecule has 4 nitrogen and oxygen atoms in total. The number of aliphatic carboxylic acids is 2. The molecule has 0 fully saturated rings. The Morgan fingerprint density at radius 2 is 1.17 bits per heavy atom. The molecule has 0 unspecified atom stereocenters. The molecule has 138 valence electrons. The standard InChI is InChI=1S/C17H29O4PS2/c1-4-7-10-22(11-8-5-2,12-9-6-3)17-23-13(15(18)19)14(24-17)16(20)21/h17H,4-12H2,1-3H3,(H-,18,19,20,21)/p+1. The summed E-state index contributed by atoms with van der Waals surface area (Å²) >= 11 is 2.65. The SMILES string of the molecule is CCCC[P+](CCCC)(CCCC)C1SC(C(=O)O)=C(C(=O)O)S1. The third-order valence-corrected chi connectivity index (χ3v) is 14.5. The fourth-order valence-electron chi connectivity index (χ4n) is 2.92. The van der Waals surface area contributed by atoms with E-state index in [9.17, 15) is 19.8 Å². The van der Waals surface area contributed by atoms with Gasteiger partial charge in [-0.15, -0.1) is 0 Å². The predicted molar refractivity (Wildman–Crippen MR) is 108 cm³/mol. The van der Waals surface area contributed by atoms with Gasteiger partial charge in [-0.1, -0.05) is 63.6 Å². The van der Waals surface area contributed by atoms with Gasteiger partial charge in [-0.05, 0) is 19.3 Å². The van der Waals surface area contributed by atoms with Gasteiger partial charge in [0.05, 0.1) is 18.5 Å². The van der Waals surface area contributed by atoms with Crippen LogP contribution in [0.5, 0.6) is 0 Å². The Balaban J connectivity index is 3.09. The maximum atomic E-state index is 11.5. The minimum absolute atomic E-state index is 0.0476. The van der Waals surface area contributed by atoms with Crippen molar-refractivity contribution in [2.75, 3.05) is 18.5 Å². The molecule has 0 bridgehead atoms. The van der Waals surface area contributed by atoms with Gasteiger partial charge in [-0.25, -0.2) is 9.59 Å². The maximum absolute atomic E-state index is 11.5. The quantitative estimate of drug-likeness (QED) is 0.424. The third kappa shape index (κ3) is 5.67. The lowest BCUT2D eigenvalue weighted by molar-refractivity contribution is -0.134. The number of unbranched alkanes of at least 4 members (excludes halogenated alkanes) is 3. The average molecular weight is 394 g/mol. The van der Waals surface area contributed by atoms with Crippen LogP contribution in [0.4, 0.5) is 0 Å². The third-order valence-electron chi connectivity index (χ3n) is 4.35. The summed E-state index contributed by atoms with van der Waals surface area (Å²) in [6.07, 6.45) is 10.3. The van der Waals surface area contributed by atoms with E-state index in [2.05, 4.69) is 20.8 Å². The van der Waals surface area contributed by atoms with Crippen LogP contribution >= 0.6 is 30.8 Å². The molecule has 0 amide bonds. The van der Waals surface area contributed by atoms with E-state index in [-0.39, 0.29) is 14.1 Å². The van der Waals surface area contributed by atoms with E-state index in [0.717, 1.165) is 57.0 Å². The maximum Gasteiger partial charge on any atom is 0.343 e. The molecule has 0 saturated carbocycles. The van der Waals surface area contributed by atoms with Gasteiger partial charge >= 0.3 is 11.9 Å². The summed E-state index contributed by atoms with van der Waals surface area (Å²) in [5.41, 5.74) is 0. The fraction of sp³-hybridized carbons (Fsp3) is 0.765. The summed E-state index contributed by atoms with van der Waals surface area (Å²) in [5.74, 6) is -2.18. The van der Waals surface area contributed by atoms with Crippen molar-refractivity contribution in [2.45, 2.75) is 63.6 Å². The van der Waals surface area contributed by atoms with E-state index in [1.165, 1.54) is 23.5 Å². The number of hydrogen-bond donors (Lipinski definition) is 2. The van der Waals surface area contributed by atoms with E-state index >= 15 is 0 Å². The van der Waals surface area contributed by atoms with Gasteiger partial charge in [-0.3, -0.25) is 0 Å². The molecule has 24 heavy (non-hydrogen) atoms. The zero-order valence-corrected chi connectivity index (χ0v) is 17.4. The highest BCUT2D eigenvalue weighted by atomic mass is 32.2. The number of carboxylic acids is 2. The van der Waals surface area contributed by atoms with Crippen LogP contribution in [-0.4, -0.2) is 45.0 Å². The number of carbonyl (C=O) groups is 2.